The number of rotatable bonds is 5. The third-order valence-corrected chi connectivity index (χ3v) is 6.87. The Hall–Kier alpha value is -2.79. The fourth-order valence-electron chi connectivity index (χ4n) is 2.53. The molecule has 0 amide bonds. The van der Waals surface area contributed by atoms with Crippen LogP contribution in [-0.2, 0) is 16.4 Å². The predicted molar refractivity (Wildman–Crippen MR) is 96.0 cm³/mol. The summed E-state index contributed by atoms with van der Waals surface area (Å²) in [6, 6.07) is 4.21. The first-order valence-corrected chi connectivity index (χ1v) is 10.1. The van der Waals surface area contributed by atoms with E-state index in [0.717, 1.165) is 50.8 Å². The number of halogens is 1. The normalized spacial score (nSPS) is 11.8. The number of aryl methyl sites for hydroxylation is 1. The maximum atomic E-state index is 13.0. The number of carboxylic acid groups (broad SMARTS) is 1. The van der Waals surface area contributed by atoms with Gasteiger partial charge >= 0.3 is 11.7 Å². The molecule has 1 aromatic carbocycles. The standard InChI is InChI=1S/C16H13FN2O6S2/c1-9-13(20)18(16(23)19-8-12(15(21)22)26-14(9)19)6-7-27(24,25)11-4-2-10(17)3-5-11/h2-5,8H,6-7H2,1H3,(H,21,22). The molecule has 1 N–H and O–H groups in total. The van der Waals surface area contributed by atoms with Crippen molar-refractivity contribution in [1.29, 1.82) is 0 Å². The van der Waals surface area contributed by atoms with Gasteiger partial charge in [0.1, 0.15) is 15.5 Å². The van der Waals surface area contributed by atoms with Gasteiger partial charge in [0.15, 0.2) is 9.84 Å². The van der Waals surface area contributed by atoms with Crippen molar-refractivity contribution >= 4 is 32.0 Å². The summed E-state index contributed by atoms with van der Waals surface area (Å²) in [4.78, 5) is 36.0. The lowest BCUT2D eigenvalue weighted by atomic mass is 10.3. The van der Waals surface area contributed by atoms with Crippen LogP contribution in [0.25, 0.3) is 4.83 Å². The van der Waals surface area contributed by atoms with Crippen LogP contribution in [0.5, 0.6) is 0 Å². The van der Waals surface area contributed by atoms with E-state index in [1.807, 2.05) is 0 Å². The monoisotopic (exact) mass is 412 g/mol. The van der Waals surface area contributed by atoms with E-state index in [2.05, 4.69) is 0 Å². The zero-order valence-electron chi connectivity index (χ0n) is 13.9. The summed E-state index contributed by atoms with van der Waals surface area (Å²) in [7, 11) is -3.85. The zero-order chi connectivity index (χ0) is 19.9. The minimum atomic E-state index is -3.85. The number of hydrogen-bond donors (Lipinski definition) is 1. The summed E-state index contributed by atoms with van der Waals surface area (Å²) >= 11 is 0.787. The van der Waals surface area contributed by atoms with Crippen molar-refractivity contribution in [1.82, 2.24) is 8.97 Å². The van der Waals surface area contributed by atoms with Gasteiger partial charge in [-0.3, -0.25) is 13.8 Å². The van der Waals surface area contributed by atoms with Gasteiger partial charge in [-0.25, -0.2) is 22.4 Å². The van der Waals surface area contributed by atoms with Crippen LogP contribution in [0.4, 0.5) is 4.39 Å². The van der Waals surface area contributed by atoms with Crippen molar-refractivity contribution in [2.24, 2.45) is 0 Å². The van der Waals surface area contributed by atoms with E-state index in [4.69, 9.17) is 5.11 Å². The molecule has 0 saturated heterocycles. The van der Waals surface area contributed by atoms with Crippen molar-refractivity contribution in [3.8, 4) is 0 Å². The van der Waals surface area contributed by atoms with Crippen LogP contribution < -0.4 is 11.2 Å². The van der Waals surface area contributed by atoms with Crippen LogP contribution in [0.1, 0.15) is 15.2 Å². The molecule has 0 fully saturated rings. The van der Waals surface area contributed by atoms with E-state index in [9.17, 15) is 27.2 Å². The highest BCUT2D eigenvalue weighted by Gasteiger charge is 2.20. The Bertz CT molecular complexity index is 1270. The van der Waals surface area contributed by atoms with Crippen molar-refractivity contribution in [3.05, 3.63) is 67.6 Å². The average molecular weight is 412 g/mol. The molecule has 0 aliphatic heterocycles. The molecular weight excluding hydrogens is 399 g/mol. The molecule has 8 nitrogen and oxygen atoms in total. The molecule has 3 rings (SSSR count). The van der Waals surface area contributed by atoms with Crippen molar-refractivity contribution in [2.75, 3.05) is 5.75 Å². The highest BCUT2D eigenvalue weighted by molar-refractivity contribution is 7.91. The molecule has 0 radical (unpaired) electrons. The average Bonchev–Trinajstić information content (AvgIpc) is 3.06. The second kappa shape index (κ2) is 6.74. The number of benzene rings is 1. The van der Waals surface area contributed by atoms with Gasteiger partial charge in [-0.05, 0) is 31.2 Å². The largest absolute Gasteiger partial charge is 0.477 e. The van der Waals surface area contributed by atoms with Crippen LogP contribution in [0.3, 0.4) is 0 Å². The molecule has 0 aliphatic carbocycles. The lowest BCUT2D eigenvalue weighted by Gasteiger charge is -2.08. The molecule has 2 heterocycles. The summed E-state index contributed by atoms with van der Waals surface area (Å²) in [5.74, 6) is -2.37. The highest BCUT2D eigenvalue weighted by atomic mass is 32.2. The van der Waals surface area contributed by atoms with Gasteiger partial charge in [0.25, 0.3) is 5.56 Å². The maximum absolute atomic E-state index is 13.0. The molecule has 0 bridgehead atoms. The number of fused-ring (bicyclic) bond motifs is 1. The lowest BCUT2D eigenvalue weighted by Crippen LogP contribution is -2.39. The van der Waals surface area contributed by atoms with Gasteiger partial charge in [-0.2, -0.15) is 0 Å². The first-order chi connectivity index (χ1) is 12.6. The Labute approximate surface area is 155 Å². The van der Waals surface area contributed by atoms with Gasteiger partial charge in [-0.15, -0.1) is 11.3 Å². The Kier molecular flexibility index (Phi) is 4.74. The molecule has 2 aromatic heterocycles. The van der Waals surface area contributed by atoms with Crippen LogP contribution in [0, 0.1) is 12.7 Å². The van der Waals surface area contributed by atoms with E-state index in [1.54, 1.807) is 0 Å². The van der Waals surface area contributed by atoms with Crippen LogP contribution in [-0.4, -0.2) is 34.2 Å². The minimum absolute atomic E-state index is 0.119. The second-order valence-corrected chi connectivity index (χ2v) is 8.85. The molecule has 11 heteroatoms. The number of hydrogen-bond acceptors (Lipinski definition) is 6. The summed E-state index contributed by atoms with van der Waals surface area (Å²) in [5.41, 5.74) is -1.36. The first-order valence-electron chi connectivity index (χ1n) is 7.59. The lowest BCUT2D eigenvalue weighted by molar-refractivity contribution is 0.0701. The highest BCUT2D eigenvalue weighted by Crippen LogP contribution is 2.18. The fourth-order valence-corrected chi connectivity index (χ4v) is 4.67. The maximum Gasteiger partial charge on any atom is 0.347 e. The number of aromatic nitrogens is 2. The first kappa shape index (κ1) is 19.0. The summed E-state index contributed by atoms with van der Waals surface area (Å²) in [6.07, 6.45) is 1.10. The van der Waals surface area contributed by atoms with Crippen molar-refractivity contribution < 1.29 is 22.7 Å². The van der Waals surface area contributed by atoms with E-state index in [-0.39, 0.29) is 20.2 Å². The van der Waals surface area contributed by atoms with Crippen LogP contribution in [0.2, 0.25) is 0 Å². The molecule has 0 unspecified atom stereocenters. The van der Waals surface area contributed by atoms with Crippen LogP contribution >= 0.6 is 11.3 Å². The molecule has 0 spiro atoms. The third-order valence-electron chi connectivity index (χ3n) is 3.96. The van der Waals surface area contributed by atoms with E-state index < -0.39 is 45.2 Å². The molecule has 0 aliphatic rings. The Morgan fingerprint density at radius 1 is 1.22 bits per heavy atom. The van der Waals surface area contributed by atoms with E-state index in [0.29, 0.717) is 0 Å². The topological polar surface area (TPSA) is 115 Å². The smallest absolute Gasteiger partial charge is 0.347 e. The Balaban J connectivity index is 2.02. The molecule has 142 valence electrons. The molecular formula is C16H13FN2O6S2. The molecule has 27 heavy (non-hydrogen) atoms. The minimum Gasteiger partial charge on any atom is -0.477 e. The van der Waals surface area contributed by atoms with Gasteiger partial charge in [-0.1, -0.05) is 0 Å². The van der Waals surface area contributed by atoms with Crippen molar-refractivity contribution in [3.63, 3.8) is 0 Å². The second-order valence-electron chi connectivity index (χ2n) is 5.71. The Morgan fingerprint density at radius 2 is 1.85 bits per heavy atom. The van der Waals surface area contributed by atoms with Crippen molar-refractivity contribution in [2.45, 2.75) is 18.4 Å². The number of carboxylic acids is 1. The van der Waals surface area contributed by atoms with Gasteiger partial charge < -0.3 is 5.11 Å². The number of thiazole rings is 1. The van der Waals surface area contributed by atoms with Gasteiger partial charge in [0, 0.05) is 18.3 Å². The number of aromatic carboxylic acids is 1. The van der Waals surface area contributed by atoms with Crippen LogP contribution in [0.15, 0.2) is 44.9 Å². The quantitative estimate of drug-likeness (QED) is 0.629. The molecule has 0 saturated carbocycles. The molecule has 0 atom stereocenters. The number of nitrogens with zero attached hydrogens (tertiary/aromatic N) is 2. The summed E-state index contributed by atoms with van der Waals surface area (Å²) in [6.45, 7) is 1.02. The third kappa shape index (κ3) is 3.43. The van der Waals surface area contributed by atoms with E-state index in [1.165, 1.54) is 6.92 Å². The van der Waals surface area contributed by atoms with Gasteiger partial charge in [0.05, 0.1) is 10.6 Å². The Morgan fingerprint density at radius 3 is 2.44 bits per heavy atom. The fraction of sp³-hybridized carbons (Fsp3) is 0.188. The number of carbonyl (C=O) groups is 1. The predicted octanol–water partition coefficient (Wildman–Crippen LogP) is 1.14. The molecule has 3 aromatic rings. The zero-order valence-corrected chi connectivity index (χ0v) is 15.5. The summed E-state index contributed by atoms with van der Waals surface area (Å²) < 4.78 is 39.5. The SMILES string of the molecule is Cc1c(=O)n(CCS(=O)(=O)c2ccc(F)cc2)c(=O)n2cc(C(=O)O)sc12. The number of sulfone groups is 1. The summed E-state index contributed by atoms with van der Waals surface area (Å²) in [5, 5.41) is 9.07. The van der Waals surface area contributed by atoms with Gasteiger partial charge in [0.2, 0.25) is 0 Å². The van der Waals surface area contributed by atoms with E-state index >= 15 is 0 Å².